The summed E-state index contributed by atoms with van der Waals surface area (Å²) in [5.41, 5.74) is 1.31. The second-order valence-corrected chi connectivity index (χ2v) is 6.38. The average molecular weight is 342 g/mol. The number of carbonyl (C=O) groups is 1. The van der Waals surface area contributed by atoms with Crippen LogP contribution in [0.3, 0.4) is 0 Å². The van der Waals surface area contributed by atoms with E-state index < -0.39 is 0 Å². The summed E-state index contributed by atoms with van der Waals surface area (Å²) in [5, 5.41) is 2.87. The van der Waals surface area contributed by atoms with Crippen LogP contribution < -0.4 is 5.32 Å². The predicted molar refractivity (Wildman–Crippen MR) is 95.4 cm³/mol. The fourth-order valence-electron chi connectivity index (χ4n) is 3.26. The molecule has 1 amide bonds. The molecule has 0 saturated carbocycles. The van der Waals surface area contributed by atoms with Gasteiger partial charge >= 0.3 is 0 Å². The lowest BCUT2D eigenvalue weighted by atomic mass is 9.99. The number of nitrogens with one attached hydrogen (secondary N) is 1. The van der Waals surface area contributed by atoms with Crippen molar-refractivity contribution in [3.8, 4) is 0 Å². The van der Waals surface area contributed by atoms with Gasteiger partial charge in [-0.2, -0.15) is 0 Å². The van der Waals surface area contributed by atoms with Crippen LogP contribution in [0.1, 0.15) is 48.8 Å². The molecule has 25 heavy (non-hydrogen) atoms. The van der Waals surface area contributed by atoms with Crippen molar-refractivity contribution in [1.29, 1.82) is 0 Å². The number of aromatic nitrogens is 2. The first kappa shape index (κ1) is 17.3. The molecule has 6 heteroatoms. The fraction of sp³-hybridized carbons (Fsp3) is 0.421. The predicted octanol–water partition coefficient (Wildman–Crippen LogP) is 4.07. The first-order valence-corrected chi connectivity index (χ1v) is 8.76. The highest BCUT2D eigenvalue weighted by molar-refractivity contribution is 5.93. The van der Waals surface area contributed by atoms with E-state index in [0.717, 1.165) is 32.2 Å². The number of likely N-dealkylation sites (tertiary alicyclic amines) is 1. The topological polar surface area (TPSA) is 58.1 Å². The van der Waals surface area contributed by atoms with Gasteiger partial charge < -0.3 is 10.2 Å². The maximum absolute atomic E-state index is 13.8. The molecule has 1 N–H and O–H groups in total. The molecule has 132 valence electrons. The molecule has 1 aromatic carbocycles. The molecule has 1 saturated heterocycles. The summed E-state index contributed by atoms with van der Waals surface area (Å²) < 4.78 is 13.8. The van der Waals surface area contributed by atoms with Crippen LogP contribution in [0.5, 0.6) is 0 Å². The van der Waals surface area contributed by atoms with Gasteiger partial charge in [0.25, 0.3) is 5.91 Å². The number of para-hydroxylation sites is 1. The molecule has 1 atom stereocenters. The van der Waals surface area contributed by atoms with Crippen LogP contribution in [0.15, 0.2) is 30.3 Å². The van der Waals surface area contributed by atoms with E-state index in [9.17, 15) is 9.18 Å². The SMILES string of the molecule is CCC1CCCCN1C(=O)c1cc(C)nc(Nc2ccccc2F)n1. The lowest BCUT2D eigenvalue weighted by molar-refractivity contribution is 0.0602. The minimum atomic E-state index is -0.387. The Balaban J connectivity index is 1.86. The van der Waals surface area contributed by atoms with E-state index >= 15 is 0 Å². The van der Waals surface area contributed by atoms with Gasteiger partial charge in [0.05, 0.1) is 5.69 Å². The summed E-state index contributed by atoms with van der Waals surface area (Å²) >= 11 is 0. The van der Waals surface area contributed by atoms with Gasteiger partial charge in [-0.1, -0.05) is 19.1 Å². The Hall–Kier alpha value is -2.50. The summed E-state index contributed by atoms with van der Waals surface area (Å²) in [7, 11) is 0. The van der Waals surface area contributed by atoms with E-state index in [1.807, 2.05) is 4.90 Å². The van der Waals surface area contributed by atoms with Crippen LogP contribution in [0.4, 0.5) is 16.0 Å². The van der Waals surface area contributed by atoms with E-state index in [0.29, 0.717) is 11.4 Å². The number of benzene rings is 1. The van der Waals surface area contributed by atoms with E-state index in [1.165, 1.54) is 6.07 Å². The monoisotopic (exact) mass is 342 g/mol. The molecule has 2 aromatic rings. The molecule has 0 aliphatic carbocycles. The number of anilines is 2. The molecule has 1 aromatic heterocycles. The smallest absolute Gasteiger partial charge is 0.272 e. The van der Waals surface area contributed by atoms with Gasteiger partial charge in [-0.25, -0.2) is 14.4 Å². The molecule has 3 rings (SSSR count). The van der Waals surface area contributed by atoms with Gasteiger partial charge in [-0.15, -0.1) is 0 Å². The van der Waals surface area contributed by atoms with E-state index in [1.54, 1.807) is 31.2 Å². The van der Waals surface area contributed by atoms with Crippen molar-refractivity contribution in [2.24, 2.45) is 0 Å². The summed E-state index contributed by atoms with van der Waals surface area (Å²) in [4.78, 5) is 23.5. The molecule has 0 bridgehead atoms. The van der Waals surface area contributed by atoms with Crippen LogP contribution in [0.2, 0.25) is 0 Å². The minimum Gasteiger partial charge on any atom is -0.334 e. The molecule has 1 fully saturated rings. The van der Waals surface area contributed by atoms with Gasteiger partial charge in [-0.05, 0) is 50.8 Å². The van der Waals surface area contributed by atoms with Gasteiger partial charge in [-0.3, -0.25) is 4.79 Å². The quantitative estimate of drug-likeness (QED) is 0.910. The second-order valence-electron chi connectivity index (χ2n) is 6.38. The van der Waals surface area contributed by atoms with E-state index in [-0.39, 0.29) is 29.4 Å². The van der Waals surface area contributed by atoms with Gasteiger partial charge in [0.2, 0.25) is 5.95 Å². The number of aryl methyl sites for hydroxylation is 1. The number of amides is 1. The fourth-order valence-corrected chi connectivity index (χ4v) is 3.26. The van der Waals surface area contributed by atoms with Crippen LogP contribution >= 0.6 is 0 Å². The van der Waals surface area contributed by atoms with Crippen molar-refractivity contribution >= 4 is 17.5 Å². The third kappa shape index (κ3) is 3.95. The van der Waals surface area contributed by atoms with Crippen molar-refractivity contribution < 1.29 is 9.18 Å². The standard InChI is InChI=1S/C19H23FN4O/c1-3-14-8-6-7-11-24(14)18(25)17-12-13(2)21-19(23-17)22-16-10-5-4-9-15(16)20/h4-5,9-10,12,14H,3,6-8,11H2,1-2H3,(H,21,22,23). The second kappa shape index (κ2) is 7.59. The average Bonchev–Trinajstić information content (AvgIpc) is 2.62. The van der Waals surface area contributed by atoms with Crippen molar-refractivity contribution in [2.75, 3.05) is 11.9 Å². The Kier molecular flexibility index (Phi) is 5.26. The molecule has 1 aliphatic rings. The van der Waals surface area contributed by atoms with Crippen LogP contribution in [0.25, 0.3) is 0 Å². The Morgan fingerprint density at radius 1 is 1.32 bits per heavy atom. The summed E-state index contributed by atoms with van der Waals surface area (Å²) in [6.45, 7) is 4.67. The van der Waals surface area contributed by atoms with Crippen LogP contribution in [-0.2, 0) is 0 Å². The Labute approximate surface area is 147 Å². The molecule has 0 radical (unpaired) electrons. The summed E-state index contributed by atoms with van der Waals surface area (Å²) in [6, 6.07) is 8.28. The lowest BCUT2D eigenvalue weighted by Crippen LogP contribution is -2.43. The number of nitrogens with zero attached hydrogens (tertiary/aromatic N) is 3. The summed E-state index contributed by atoms with van der Waals surface area (Å²) in [6.07, 6.45) is 4.15. The number of hydrogen-bond donors (Lipinski definition) is 1. The Bertz CT molecular complexity index is 765. The van der Waals surface area contributed by atoms with Gasteiger partial charge in [0.15, 0.2) is 0 Å². The molecule has 1 unspecified atom stereocenters. The molecule has 5 nitrogen and oxygen atoms in total. The lowest BCUT2D eigenvalue weighted by Gasteiger charge is -2.35. The first-order valence-electron chi connectivity index (χ1n) is 8.76. The highest BCUT2D eigenvalue weighted by atomic mass is 19.1. The Morgan fingerprint density at radius 3 is 2.88 bits per heavy atom. The zero-order chi connectivity index (χ0) is 17.8. The molecule has 2 heterocycles. The van der Waals surface area contributed by atoms with E-state index in [4.69, 9.17) is 0 Å². The minimum absolute atomic E-state index is 0.0753. The van der Waals surface area contributed by atoms with Crippen molar-refractivity contribution in [2.45, 2.75) is 45.6 Å². The number of carbonyl (C=O) groups excluding carboxylic acids is 1. The number of halogens is 1. The maximum atomic E-state index is 13.8. The number of hydrogen-bond acceptors (Lipinski definition) is 4. The highest BCUT2D eigenvalue weighted by Gasteiger charge is 2.27. The van der Waals surface area contributed by atoms with Gasteiger partial charge in [0.1, 0.15) is 11.5 Å². The van der Waals surface area contributed by atoms with Crippen molar-refractivity contribution in [1.82, 2.24) is 14.9 Å². The highest BCUT2D eigenvalue weighted by Crippen LogP contribution is 2.22. The zero-order valence-corrected chi connectivity index (χ0v) is 14.6. The van der Waals surface area contributed by atoms with Gasteiger partial charge in [0, 0.05) is 18.3 Å². The molecule has 1 aliphatic heterocycles. The third-order valence-corrected chi connectivity index (χ3v) is 4.55. The number of rotatable bonds is 4. The first-order chi connectivity index (χ1) is 12.1. The maximum Gasteiger partial charge on any atom is 0.272 e. The number of piperidine rings is 1. The summed E-state index contributed by atoms with van der Waals surface area (Å²) in [5.74, 6) is -0.227. The largest absolute Gasteiger partial charge is 0.334 e. The van der Waals surface area contributed by atoms with Crippen molar-refractivity contribution in [3.05, 3.63) is 47.5 Å². The Morgan fingerprint density at radius 2 is 2.12 bits per heavy atom. The van der Waals surface area contributed by atoms with E-state index in [2.05, 4.69) is 22.2 Å². The van der Waals surface area contributed by atoms with Crippen LogP contribution in [0, 0.1) is 12.7 Å². The molecular formula is C19H23FN4O. The van der Waals surface area contributed by atoms with Crippen molar-refractivity contribution in [3.63, 3.8) is 0 Å². The third-order valence-electron chi connectivity index (χ3n) is 4.55. The molecular weight excluding hydrogens is 319 g/mol. The zero-order valence-electron chi connectivity index (χ0n) is 14.6. The van der Waals surface area contributed by atoms with Crippen LogP contribution in [-0.4, -0.2) is 33.4 Å². The molecule has 0 spiro atoms. The normalized spacial score (nSPS) is 17.4.